The van der Waals surface area contributed by atoms with Gasteiger partial charge in [0.2, 0.25) is 5.91 Å². The van der Waals surface area contributed by atoms with Crippen molar-refractivity contribution in [3.63, 3.8) is 0 Å². The summed E-state index contributed by atoms with van der Waals surface area (Å²) in [6.45, 7) is 12.8. The van der Waals surface area contributed by atoms with Crippen molar-refractivity contribution in [1.82, 2.24) is 9.80 Å². The number of rotatable bonds is 6. The number of carbonyl (C=O) groups excluding carboxylic acids is 2. The molecule has 0 radical (unpaired) electrons. The first-order valence-electron chi connectivity index (χ1n) is 10.1. The summed E-state index contributed by atoms with van der Waals surface area (Å²) in [6.07, 6.45) is 0.846. The Bertz CT molecular complexity index is 625. The maximum absolute atomic E-state index is 12.8. The average Bonchev–Trinajstić information content (AvgIpc) is 2.87. The lowest BCUT2D eigenvalue weighted by Crippen LogP contribution is -2.43. The number of hydrogen-bond donors (Lipinski definition) is 0. The van der Waals surface area contributed by atoms with Gasteiger partial charge in [0.05, 0.1) is 0 Å². The van der Waals surface area contributed by atoms with Crippen LogP contribution in [0.5, 0.6) is 5.75 Å². The smallest absolute Gasteiger partial charge is 0.263 e. The second-order valence-electron chi connectivity index (χ2n) is 8.14. The van der Waals surface area contributed by atoms with E-state index in [1.807, 2.05) is 34.1 Å². The van der Waals surface area contributed by atoms with E-state index in [1.54, 1.807) is 6.92 Å². The minimum absolute atomic E-state index is 0.0129. The quantitative estimate of drug-likeness (QED) is 0.763. The van der Waals surface area contributed by atoms with E-state index < -0.39 is 6.10 Å². The zero-order valence-electron chi connectivity index (χ0n) is 17.4. The highest BCUT2D eigenvalue weighted by molar-refractivity contribution is 5.81. The molecule has 5 heteroatoms. The molecule has 1 unspecified atom stereocenters. The number of amides is 2. The van der Waals surface area contributed by atoms with Gasteiger partial charge < -0.3 is 14.5 Å². The Kier molecular flexibility index (Phi) is 7.69. The predicted octanol–water partition coefficient (Wildman–Crippen LogP) is 3.68. The van der Waals surface area contributed by atoms with Crippen LogP contribution in [0.1, 0.15) is 58.9 Å². The molecule has 1 atom stereocenters. The van der Waals surface area contributed by atoms with Crippen LogP contribution in [0.25, 0.3) is 0 Å². The molecule has 0 spiro atoms. The average molecular weight is 375 g/mol. The minimum Gasteiger partial charge on any atom is -0.481 e. The van der Waals surface area contributed by atoms with Crippen molar-refractivity contribution in [3.05, 3.63) is 29.8 Å². The Morgan fingerprint density at radius 2 is 1.52 bits per heavy atom. The van der Waals surface area contributed by atoms with E-state index in [1.165, 1.54) is 5.56 Å². The molecule has 150 valence electrons. The van der Waals surface area contributed by atoms with E-state index in [4.69, 9.17) is 4.74 Å². The lowest BCUT2D eigenvalue weighted by Gasteiger charge is -2.25. The largest absolute Gasteiger partial charge is 0.481 e. The summed E-state index contributed by atoms with van der Waals surface area (Å²) in [5, 5.41) is 0. The second kappa shape index (κ2) is 9.77. The summed E-state index contributed by atoms with van der Waals surface area (Å²) in [5.41, 5.74) is 1.25. The molecular formula is C22H34N2O3. The van der Waals surface area contributed by atoms with Gasteiger partial charge in [-0.3, -0.25) is 9.59 Å². The minimum atomic E-state index is -0.534. The Morgan fingerprint density at radius 1 is 0.926 bits per heavy atom. The molecule has 1 aliphatic heterocycles. The Morgan fingerprint density at radius 3 is 2.11 bits per heavy atom. The van der Waals surface area contributed by atoms with Crippen LogP contribution in [0.15, 0.2) is 24.3 Å². The van der Waals surface area contributed by atoms with E-state index in [0.717, 1.165) is 13.0 Å². The van der Waals surface area contributed by atoms with E-state index in [0.29, 0.717) is 43.6 Å². The van der Waals surface area contributed by atoms with Crippen LogP contribution in [0, 0.1) is 5.92 Å². The highest BCUT2D eigenvalue weighted by Gasteiger charge is 2.26. The lowest BCUT2D eigenvalue weighted by atomic mass is 10.0. The molecule has 1 aliphatic rings. The standard InChI is InChI=1S/C22H34N2O3/c1-16(2)15-21(25)23-11-6-12-24(14-13-23)22(26)18(5)27-20-9-7-19(8-10-20)17(3)4/h7-10,16-18H,6,11-15H2,1-5H3. The van der Waals surface area contributed by atoms with Crippen LogP contribution in [-0.2, 0) is 9.59 Å². The molecule has 1 saturated heterocycles. The van der Waals surface area contributed by atoms with Crippen molar-refractivity contribution in [2.45, 2.75) is 59.5 Å². The van der Waals surface area contributed by atoms with Gasteiger partial charge in [-0.2, -0.15) is 0 Å². The van der Waals surface area contributed by atoms with Crippen LogP contribution in [-0.4, -0.2) is 53.9 Å². The van der Waals surface area contributed by atoms with Crippen molar-refractivity contribution in [2.75, 3.05) is 26.2 Å². The van der Waals surface area contributed by atoms with Gasteiger partial charge in [0.25, 0.3) is 5.91 Å². The zero-order valence-corrected chi connectivity index (χ0v) is 17.4. The molecule has 1 aromatic carbocycles. The summed E-state index contributed by atoms with van der Waals surface area (Å²) >= 11 is 0. The topological polar surface area (TPSA) is 49.9 Å². The van der Waals surface area contributed by atoms with Crippen LogP contribution in [0.3, 0.4) is 0 Å². The summed E-state index contributed by atoms with van der Waals surface area (Å²) in [6, 6.07) is 7.93. The molecule has 0 N–H and O–H groups in total. The number of benzene rings is 1. The second-order valence-corrected chi connectivity index (χ2v) is 8.14. The molecule has 0 aromatic heterocycles. The van der Waals surface area contributed by atoms with Crippen LogP contribution in [0.4, 0.5) is 0 Å². The highest BCUT2D eigenvalue weighted by atomic mass is 16.5. The first-order chi connectivity index (χ1) is 12.8. The third-order valence-corrected chi connectivity index (χ3v) is 4.95. The molecule has 27 heavy (non-hydrogen) atoms. The third-order valence-electron chi connectivity index (χ3n) is 4.95. The van der Waals surface area contributed by atoms with E-state index in [9.17, 15) is 9.59 Å². The fraction of sp³-hybridized carbons (Fsp3) is 0.636. The number of ether oxygens (including phenoxy) is 1. The zero-order chi connectivity index (χ0) is 20.0. The predicted molar refractivity (Wildman–Crippen MR) is 108 cm³/mol. The van der Waals surface area contributed by atoms with Crippen molar-refractivity contribution in [1.29, 1.82) is 0 Å². The summed E-state index contributed by atoms with van der Waals surface area (Å²) < 4.78 is 5.86. The van der Waals surface area contributed by atoms with Gasteiger partial charge in [-0.15, -0.1) is 0 Å². The monoisotopic (exact) mass is 374 g/mol. The van der Waals surface area contributed by atoms with Crippen molar-refractivity contribution in [3.8, 4) is 5.75 Å². The summed E-state index contributed by atoms with van der Waals surface area (Å²) in [7, 11) is 0. The normalized spacial score (nSPS) is 16.4. The molecular weight excluding hydrogens is 340 g/mol. The highest BCUT2D eigenvalue weighted by Crippen LogP contribution is 2.20. The molecule has 5 nitrogen and oxygen atoms in total. The SMILES string of the molecule is CC(C)CC(=O)N1CCCN(C(=O)C(C)Oc2ccc(C(C)C)cc2)CC1. The summed E-state index contributed by atoms with van der Waals surface area (Å²) in [4.78, 5) is 28.8. The molecule has 0 aliphatic carbocycles. The maximum Gasteiger partial charge on any atom is 0.263 e. The fourth-order valence-corrected chi connectivity index (χ4v) is 3.31. The van der Waals surface area contributed by atoms with Gasteiger partial charge in [-0.25, -0.2) is 0 Å². The molecule has 0 saturated carbocycles. The van der Waals surface area contributed by atoms with E-state index >= 15 is 0 Å². The first kappa shape index (κ1) is 21.3. The maximum atomic E-state index is 12.8. The van der Waals surface area contributed by atoms with Gasteiger partial charge in [-0.1, -0.05) is 39.8 Å². The molecule has 2 rings (SSSR count). The number of hydrogen-bond acceptors (Lipinski definition) is 3. The Hall–Kier alpha value is -2.04. The van der Waals surface area contributed by atoms with Crippen LogP contribution in [0.2, 0.25) is 0 Å². The van der Waals surface area contributed by atoms with Crippen molar-refractivity contribution < 1.29 is 14.3 Å². The Balaban J connectivity index is 1.89. The molecule has 1 heterocycles. The first-order valence-corrected chi connectivity index (χ1v) is 10.1. The lowest BCUT2D eigenvalue weighted by molar-refractivity contribution is -0.138. The fourth-order valence-electron chi connectivity index (χ4n) is 3.31. The third kappa shape index (κ3) is 6.26. The van der Waals surface area contributed by atoms with Crippen molar-refractivity contribution >= 4 is 11.8 Å². The summed E-state index contributed by atoms with van der Waals surface area (Å²) in [5.74, 6) is 1.71. The van der Waals surface area contributed by atoms with Gasteiger partial charge in [-0.05, 0) is 42.9 Å². The number of nitrogens with zero attached hydrogens (tertiary/aromatic N) is 2. The van der Waals surface area contributed by atoms with E-state index in [2.05, 4.69) is 27.7 Å². The molecule has 1 fully saturated rings. The van der Waals surface area contributed by atoms with Gasteiger partial charge >= 0.3 is 0 Å². The molecule has 2 amide bonds. The van der Waals surface area contributed by atoms with Gasteiger partial charge in [0.1, 0.15) is 5.75 Å². The Labute approximate surface area is 163 Å². The van der Waals surface area contributed by atoms with Gasteiger partial charge in [0.15, 0.2) is 6.10 Å². The molecule has 0 bridgehead atoms. The van der Waals surface area contributed by atoms with E-state index in [-0.39, 0.29) is 11.8 Å². The number of carbonyl (C=O) groups is 2. The van der Waals surface area contributed by atoms with Gasteiger partial charge in [0, 0.05) is 32.6 Å². The van der Waals surface area contributed by atoms with Crippen LogP contribution >= 0.6 is 0 Å². The van der Waals surface area contributed by atoms with Crippen LogP contribution < -0.4 is 4.74 Å². The van der Waals surface area contributed by atoms with Crippen molar-refractivity contribution in [2.24, 2.45) is 5.92 Å². The molecule has 1 aromatic rings.